The van der Waals surface area contributed by atoms with Crippen LogP contribution in [0.5, 0.6) is 0 Å². The van der Waals surface area contributed by atoms with Crippen LogP contribution in [0.3, 0.4) is 0 Å². The first-order valence-electron chi connectivity index (χ1n) is 6.63. The van der Waals surface area contributed by atoms with Gasteiger partial charge in [-0.25, -0.2) is 4.79 Å². The quantitative estimate of drug-likeness (QED) is 0.383. The fourth-order valence-electron chi connectivity index (χ4n) is 2.12. The van der Waals surface area contributed by atoms with Crippen LogP contribution in [0, 0.1) is 0 Å². The molecule has 0 radical (unpaired) electrons. The van der Waals surface area contributed by atoms with Gasteiger partial charge >= 0.3 is 5.97 Å². The number of ketones is 1. The van der Waals surface area contributed by atoms with E-state index < -0.39 is 17.6 Å². The number of carbonyl (C=O) groups excluding carboxylic acids is 1. The lowest BCUT2D eigenvalue weighted by molar-refractivity contribution is -0.134. The zero-order valence-electron chi connectivity index (χ0n) is 12.2. The number of nitrogens with two attached hydrogens (primary N) is 1. The topological polar surface area (TPSA) is 89.6 Å². The molecular formula is C17H14FNO4. The van der Waals surface area contributed by atoms with Crippen molar-refractivity contribution in [2.45, 2.75) is 0 Å². The van der Waals surface area contributed by atoms with Crippen molar-refractivity contribution >= 4 is 23.2 Å². The van der Waals surface area contributed by atoms with Gasteiger partial charge in [0.1, 0.15) is 0 Å². The number of benzene rings is 2. The predicted octanol–water partition coefficient (Wildman–Crippen LogP) is 2.87. The molecule has 0 aliphatic heterocycles. The molecule has 0 aliphatic rings. The summed E-state index contributed by atoms with van der Waals surface area (Å²) in [7, 11) is 1.13. The van der Waals surface area contributed by atoms with E-state index >= 15 is 0 Å². The third-order valence-corrected chi connectivity index (χ3v) is 3.22. The van der Waals surface area contributed by atoms with E-state index in [4.69, 9.17) is 15.6 Å². The number of carboxylic acids is 1. The van der Waals surface area contributed by atoms with Gasteiger partial charge in [0.15, 0.2) is 11.5 Å². The van der Waals surface area contributed by atoms with Crippen LogP contribution in [0.2, 0.25) is 0 Å². The van der Waals surface area contributed by atoms with Crippen LogP contribution in [-0.4, -0.2) is 24.0 Å². The Labute approximate surface area is 131 Å². The molecule has 0 saturated carbocycles. The Morgan fingerprint density at radius 1 is 1.04 bits per heavy atom. The number of rotatable bonds is 5. The normalized spacial score (nSPS) is 11.6. The number of ether oxygens (including phenoxy) is 1. The molecule has 0 atom stereocenters. The summed E-state index contributed by atoms with van der Waals surface area (Å²) in [5, 5.41) is 8.77. The number of aliphatic carboxylic acids is 1. The number of halogens is 1. The monoisotopic (exact) mass is 315 g/mol. The van der Waals surface area contributed by atoms with Gasteiger partial charge in [0, 0.05) is 16.7 Å². The summed E-state index contributed by atoms with van der Waals surface area (Å²) in [5.41, 5.74) is 6.46. The summed E-state index contributed by atoms with van der Waals surface area (Å²) < 4.78 is 18.5. The van der Waals surface area contributed by atoms with E-state index in [0.717, 1.165) is 7.11 Å². The minimum atomic E-state index is -1.78. The maximum Gasteiger partial charge on any atom is 0.368 e. The molecule has 0 saturated heterocycles. The lowest BCUT2D eigenvalue weighted by atomic mass is 9.98. The number of carboxylic acid groups (broad SMARTS) is 1. The Bertz CT molecular complexity index is 784. The molecular weight excluding hydrogens is 301 g/mol. The molecule has 5 nitrogen and oxygen atoms in total. The molecule has 0 fully saturated rings. The highest BCUT2D eigenvalue weighted by Crippen LogP contribution is 2.29. The number of nitrogen functional groups attached to an aromatic ring is 1. The van der Waals surface area contributed by atoms with E-state index in [1.54, 1.807) is 30.3 Å². The zero-order chi connectivity index (χ0) is 17.0. The average Bonchev–Trinajstić information content (AvgIpc) is 2.57. The molecule has 0 aliphatic carbocycles. The van der Waals surface area contributed by atoms with Crippen LogP contribution in [0.25, 0.3) is 5.76 Å². The molecule has 0 amide bonds. The number of para-hydroxylation sites is 1. The molecule has 0 bridgehead atoms. The summed E-state index contributed by atoms with van der Waals surface area (Å²) in [6.45, 7) is 0. The van der Waals surface area contributed by atoms with Crippen LogP contribution in [-0.2, 0) is 9.53 Å². The van der Waals surface area contributed by atoms with Gasteiger partial charge < -0.3 is 15.6 Å². The Hall–Kier alpha value is -3.15. The van der Waals surface area contributed by atoms with Crippen LogP contribution in [0.1, 0.15) is 21.5 Å². The van der Waals surface area contributed by atoms with Gasteiger partial charge in [0.05, 0.1) is 12.8 Å². The van der Waals surface area contributed by atoms with Gasteiger partial charge in [-0.1, -0.05) is 36.4 Å². The Morgan fingerprint density at radius 2 is 1.65 bits per heavy atom. The summed E-state index contributed by atoms with van der Waals surface area (Å²) in [5.74, 6) is -4.14. The van der Waals surface area contributed by atoms with Gasteiger partial charge in [-0.2, -0.15) is 4.39 Å². The number of hydrogen-bond acceptors (Lipinski definition) is 4. The Balaban J connectivity index is 2.57. The fraction of sp³-hybridized carbons (Fsp3) is 0.0588. The van der Waals surface area contributed by atoms with Gasteiger partial charge in [-0.3, -0.25) is 4.79 Å². The average molecular weight is 315 g/mol. The second kappa shape index (κ2) is 6.74. The molecule has 6 heteroatoms. The molecule has 118 valence electrons. The summed E-state index contributed by atoms with van der Waals surface area (Å²) in [6, 6.07) is 12.8. The smallest absolute Gasteiger partial charge is 0.368 e. The van der Waals surface area contributed by atoms with Gasteiger partial charge in [0.2, 0.25) is 5.83 Å². The number of hydrogen-bond donors (Lipinski definition) is 2. The Morgan fingerprint density at radius 3 is 2.22 bits per heavy atom. The highest BCUT2D eigenvalue weighted by atomic mass is 19.1. The van der Waals surface area contributed by atoms with Crippen molar-refractivity contribution in [2.75, 3.05) is 12.8 Å². The molecule has 0 aromatic heterocycles. The second-order valence-electron chi connectivity index (χ2n) is 4.61. The van der Waals surface area contributed by atoms with E-state index in [-0.39, 0.29) is 22.6 Å². The predicted molar refractivity (Wildman–Crippen MR) is 83.4 cm³/mol. The van der Waals surface area contributed by atoms with Crippen molar-refractivity contribution in [1.82, 2.24) is 0 Å². The summed E-state index contributed by atoms with van der Waals surface area (Å²) in [6.07, 6.45) is 0. The highest BCUT2D eigenvalue weighted by Gasteiger charge is 2.22. The summed E-state index contributed by atoms with van der Waals surface area (Å²) in [4.78, 5) is 23.3. The fourth-order valence-corrected chi connectivity index (χ4v) is 2.12. The van der Waals surface area contributed by atoms with E-state index in [1.165, 1.54) is 18.2 Å². The summed E-state index contributed by atoms with van der Waals surface area (Å²) >= 11 is 0. The van der Waals surface area contributed by atoms with E-state index in [1.807, 2.05) is 0 Å². The number of carbonyl (C=O) groups is 2. The van der Waals surface area contributed by atoms with Crippen LogP contribution in [0.4, 0.5) is 10.1 Å². The zero-order valence-corrected chi connectivity index (χ0v) is 12.2. The van der Waals surface area contributed by atoms with Gasteiger partial charge in [-0.15, -0.1) is 0 Å². The van der Waals surface area contributed by atoms with Crippen molar-refractivity contribution in [3.63, 3.8) is 0 Å². The van der Waals surface area contributed by atoms with Crippen molar-refractivity contribution in [3.05, 3.63) is 71.0 Å². The maximum atomic E-state index is 13.7. The molecule has 3 N–H and O–H groups in total. The first-order chi connectivity index (χ1) is 11.0. The van der Waals surface area contributed by atoms with Crippen LogP contribution in [0.15, 0.2) is 54.4 Å². The van der Waals surface area contributed by atoms with Crippen molar-refractivity contribution in [1.29, 1.82) is 0 Å². The number of methoxy groups -OCH3 is 1. The van der Waals surface area contributed by atoms with E-state index in [2.05, 4.69) is 0 Å². The van der Waals surface area contributed by atoms with Crippen molar-refractivity contribution < 1.29 is 23.8 Å². The molecule has 0 heterocycles. The molecule has 2 aromatic rings. The van der Waals surface area contributed by atoms with E-state index in [0.29, 0.717) is 5.56 Å². The largest absolute Gasteiger partial charge is 0.493 e. The van der Waals surface area contributed by atoms with Crippen molar-refractivity contribution in [3.8, 4) is 0 Å². The highest BCUT2D eigenvalue weighted by molar-refractivity contribution is 6.13. The molecule has 2 rings (SSSR count). The second-order valence-corrected chi connectivity index (χ2v) is 4.61. The third-order valence-electron chi connectivity index (χ3n) is 3.22. The number of anilines is 1. The minimum Gasteiger partial charge on any atom is -0.493 e. The lowest BCUT2D eigenvalue weighted by Crippen LogP contribution is -2.09. The first kappa shape index (κ1) is 16.2. The first-order valence-corrected chi connectivity index (χ1v) is 6.63. The standard InChI is InChI=1S/C17H14FNO4/c1-23-16(13(18)17(21)22)12-9-5-8-11(14(12)19)15(20)10-6-3-2-4-7-10/h2-9H,19H2,1H3,(H,21,22). The molecule has 23 heavy (non-hydrogen) atoms. The van der Waals surface area contributed by atoms with Crippen molar-refractivity contribution in [2.24, 2.45) is 0 Å². The maximum absolute atomic E-state index is 13.7. The van der Waals surface area contributed by atoms with Crippen LogP contribution < -0.4 is 5.73 Å². The van der Waals surface area contributed by atoms with Gasteiger partial charge in [-0.05, 0) is 12.1 Å². The SMILES string of the molecule is COC(=C(F)C(=O)O)c1cccc(C(=O)c2ccccc2)c1N. The third kappa shape index (κ3) is 3.21. The molecule has 0 unspecified atom stereocenters. The Kier molecular flexibility index (Phi) is 4.75. The van der Waals surface area contributed by atoms with Gasteiger partial charge in [0.25, 0.3) is 0 Å². The van der Waals surface area contributed by atoms with Crippen LogP contribution >= 0.6 is 0 Å². The molecule has 0 spiro atoms. The molecule has 2 aromatic carbocycles. The lowest BCUT2D eigenvalue weighted by Gasteiger charge is -2.12. The van der Waals surface area contributed by atoms with E-state index in [9.17, 15) is 14.0 Å². The minimum absolute atomic E-state index is 0.00850.